The maximum Gasteiger partial charge on any atom is 0.341 e. The van der Waals surface area contributed by atoms with E-state index in [9.17, 15) is 9.59 Å². The van der Waals surface area contributed by atoms with Crippen LogP contribution in [0.15, 0.2) is 30.3 Å². The predicted octanol–water partition coefficient (Wildman–Crippen LogP) is 5.24. The number of ether oxygens (including phenoxy) is 2. The number of carbonyl (C=O) groups excluding carboxylic acids is 2. The Morgan fingerprint density at radius 3 is 2.52 bits per heavy atom. The minimum atomic E-state index is -0.353. The van der Waals surface area contributed by atoms with Gasteiger partial charge in [0.2, 0.25) is 5.91 Å². The number of hydrogen-bond donors (Lipinski definition) is 1. The fraction of sp³-hybridized carbons (Fsp3) is 0.391. The van der Waals surface area contributed by atoms with E-state index >= 15 is 0 Å². The number of benzene rings is 1. The molecule has 1 heterocycles. The first-order chi connectivity index (χ1) is 14.0. The highest BCUT2D eigenvalue weighted by Crippen LogP contribution is 2.38. The summed E-state index contributed by atoms with van der Waals surface area (Å²) in [6.45, 7) is 3.66. The number of hydrogen-bond acceptors (Lipinski definition) is 5. The Kier molecular flexibility index (Phi) is 7.09. The van der Waals surface area contributed by atoms with Gasteiger partial charge in [-0.05, 0) is 68.9 Å². The summed E-state index contributed by atoms with van der Waals surface area (Å²) in [5.74, 6) is 0.143. The molecular weight excluding hydrogens is 386 g/mol. The number of amides is 1. The summed E-state index contributed by atoms with van der Waals surface area (Å²) >= 11 is 1.50. The van der Waals surface area contributed by atoms with E-state index in [1.165, 1.54) is 22.3 Å². The lowest BCUT2D eigenvalue weighted by Crippen LogP contribution is -2.16. The summed E-state index contributed by atoms with van der Waals surface area (Å²) in [5, 5.41) is 3.49. The molecule has 0 bridgehead atoms. The Labute approximate surface area is 175 Å². The fourth-order valence-corrected chi connectivity index (χ4v) is 4.64. The second kappa shape index (κ2) is 9.74. The molecular formula is C23H27NO4S. The van der Waals surface area contributed by atoms with E-state index in [1.807, 2.05) is 38.1 Å². The summed E-state index contributed by atoms with van der Waals surface area (Å²) in [4.78, 5) is 26.5. The summed E-state index contributed by atoms with van der Waals surface area (Å²) in [7, 11) is 1.61. The first-order valence-electron chi connectivity index (χ1n) is 9.96. The van der Waals surface area contributed by atoms with E-state index in [-0.39, 0.29) is 18.0 Å². The molecule has 0 unspecified atom stereocenters. The van der Waals surface area contributed by atoms with Crippen molar-refractivity contribution in [3.8, 4) is 5.75 Å². The summed E-state index contributed by atoms with van der Waals surface area (Å²) < 4.78 is 10.6. The number of methoxy groups -OCH3 is 1. The van der Waals surface area contributed by atoms with Crippen molar-refractivity contribution in [2.75, 3.05) is 12.4 Å². The number of thiophene rings is 1. The van der Waals surface area contributed by atoms with Crippen LogP contribution in [0.1, 0.15) is 59.5 Å². The monoisotopic (exact) mass is 413 g/mol. The van der Waals surface area contributed by atoms with Gasteiger partial charge in [0.1, 0.15) is 10.8 Å². The van der Waals surface area contributed by atoms with Crippen LogP contribution in [0.25, 0.3) is 6.08 Å². The van der Waals surface area contributed by atoms with E-state index in [2.05, 4.69) is 5.32 Å². The molecule has 2 aromatic rings. The van der Waals surface area contributed by atoms with Crippen LogP contribution in [0.4, 0.5) is 5.00 Å². The lowest BCUT2D eigenvalue weighted by atomic mass is 10.1. The number of aryl methyl sites for hydroxylation is 1. The normalized spacial score (nSPS) is 13.8. The maximum absolute atomic E-state index is 12.7. The molecule has 1 amide bonds. The Balaban J connectivity index is 1.80. The zero-order valence-corrected chi connectivity index (χ0v) is 17.9. The van der Waals surface area contributed by atoms with Crippen molar-refractivity contribution >= 4 is 34.3 Å². The molecule has 1 aromatic heterocycles. The Morgan fingerprint density at radius 1 is 1.10 bits per heavy atom. The molecule has 0 radical (unpaired) electrons. The van der Waals surface area contributed by atoms with Gasteiger partial charge in [-0.15, -0.1) is 11.3 Å². The topological polar surface area (TPSA) is 64.6 Å². The third-order valence-corrected chi connectivity index (χ3v) is 5.96. The standard InChI is InChI=1S/C23H27NO4S/c1-15(2)28-23(26)21-18-7-5-4-6-8-19(18)29-22(21)24-20(25)14-11-16-9-12-17(27-3)13-10-16/h9-15H,4-8H2,1-3H3,(H,24,25)/b14-11-. The number of rotatable bonds is 6. The fourth-order valence-electron chi connectivity index (χ4n) is 3.36. The van der Waals surface area contributed by atoms with Gasteiger partial charge in [0.05, 0.1) is 18.8 Å². The number of esters is 1. The first kappa shape index (κ1) is 21.1. The molecule has 29 heavy (non-hydrogen) atoms. The molecule has 154 valence electrons. The molecule has 1 aliphatic carbocycles. The quantitative estimate of drug-likeness (QED) is 0.399. The van der Waals surface area contributed by atoms with Gasteiger partial charge in [-0.25, -0.2) is 4.79 Å². The molecule has 0 fully saturated rings. The first-order valence-corrected chi connectivity index (χ1v) is 10.8. The smallest absolute Gasteiger partial charge is 0.341 e. The van der Waals surface area contributed by atoms with Gasteiger partial charge in [-0.3, -0.25) is 4.79 Å². The number of nitrogens with one attached hydrogen (secondary N) is 1. The van der Waals surface area contributed by atoms with Crippen molar-refractivity contribution in [3.63, 3.8) is 0 Å². The SMILES string of the molecule is COc1ccc(/C=C\C(=O)Nc2sc3c(c2C(=O)OC(C)C)CCCCC3)cc1. The molecule has 1 aliphatic rings. The Bertz CT molecular complexity index is 896. The van der Waals surface area contributed by atoms with Crippen LogP contribution in [-0.2, 0) is 22.4 Å². The second-order valence-electron chi connectivity index (χ2n) is 7.32. The second-order valence-corrected chi connectivity index (χ2v) is 8.42. The number of fused-ring (bicyclic) bond motifs is 1. The third-order valence-electron chi connectivity index (χ3n) is 4.75. The van der Waals surface area contributed by atoms with E-state index in [1.54, 1.807) is 13.2 Å². The van der Waals surface area contributed by atoms with Gasteiger partial charge >= 0.3 is 5.97 Å². The highest BCUT2D eigenvalue weighted by Gasteiger charge is 2.26. The van der Waals surface area contributed by atoms with Crippen LogP contribution >= 0.6 is 11.3 Å². The Hall–Kier alpha value is -2.60. The van der Waals surface area contributed by atoms with E-state index in [0.717, 1.165) is 49.0 Å². The molecule has 0 aliphatic heterocycles. The van der Waals surface area contributed by atoms with Gasteiger partial charge in [0, 0.05) is 11.0 Å². The van der Waals surface area contributed by atoms with Gasteiger partial charge in [0.15, 0.2) is 0 Å². The summed E-state index contributed by atoms with van der Waals surface area (Å²) in [6, 6.07) is 7.44. The zero-order chi connectivity index (χ0) is 20.8. The van der Waals surface area contributed by atoms with Crippen LogP contribution in [0.5, 0.6) is 5.75 Å². The highest BCUT2D eigenvalue weighted by molar-refractivity contribution is 7.17. The van der Waals surface area contributed by atoms with Gasteiger partial charge in [-0.2, -0.15) is 0 Å². The van der Waals surface area contributed by atoms with Gasteiger partial charge in [0.25, 0.3) is 0 Å². The van der Waals surface area contributed by atoms with Crippen molar-refractivity contribution in [3.05, 3.63) is 51.9 Å². The zero-order valence-electron chi connectivity index (χ0n) is 17.1. The van der Waals surface area contributed by atoms with Crippen molar-refractivity contribution in [2.45, 2.75) is 52.1 Å². The van der Waals surface area contributed by atoms with Crippen molar-refractivity contribution in [1.82, 2.24) is 0 Å². The molecule has 5 nitrogen and oxygen atoms in total. The molecule has 1 N–H and O–H groups in total. The van der Waals surface area contributed by atoms with E-state index in [4.69, 9.17) is 9.47 Å². The van der Waals surface area contributed by atoms with Crippen LogP contribution in [-0.4, -0.2) is 25.1 Å². The average Bonchev–Trinajstić information content (AvgIpc) is 2.86. The van der Waals surface area contributed by atoms with Crippen LogP contribution < -0.4 is 10.1 Å². The molecule has 0 saturated carbocycles. The summed E-state index contributed by atoms with van der Waals surface area (Å²) in [6.07, 6.45) is 8.12. The molecule has 6 heteroatoms. The van der Waals surface area contributed by atoms with Crippen molar-refractivity contribution < 1.29 is 19.1 Å². The van der Waals surface area contributed by atoms with Gasteiger partial charge < -0.3 is 14.8 Å². The van der Waals surface area contributed by atoms with Crippen molar-refractivity contribution in [1.29, 1.82) is 0 Å². The maximum atomic E-state index is 12.7. The predicted molar refractivity (Wildman–Crippen MR) is 117 cm³/mol. The third kappa shape index (κ3) is 5.48. The van der Waals surface area contributed by atoms with Crippen LogP contribution in [0, 0.1) is 0 Å². The lowest BCUT2D eigenvalue weighted by molar-refractivity contribution is -0.111. The minimum Gasteiger partial charge on any atom is -0.497 e. The molecule has 0 saturated heterocycles. The lowest BCUT2D eigenvalue weighted by Gasteiger charge is -2.11. The van der Waals surface area contributed by atoms with E-state index in [0.29, 0.717) is 10.6 Å². The molecule has 1 aromatic carbocycles. The average molecular weight is 414 g/mol. The molecule has 0 spiro atoms. The van der Waals surface area contributed by atoms with Crippen molar-refractivity contribution in [2.24, 2.45) is 0 Å². The van der Waals surface area contributed by atoms with E-state index < -0.39 is 0 Å². The number of carbonyl (C=O) groups is 2. The molecule has 0 atom stereocenters. The Morgan fingerprint density at radius 2 is 1.83 bits per heavy atom. The summed E-state index contributed by atoms with van der Waals surface area (Å²) in [5.41, 5.74) is 2.47. The van der Waals surface area contributed by atoms with Crippen LogP contribution in [0.3, 0.4) is 0 Å². The van der Waals surface area contributed by atoms with Gasteiger partial charge in [-0.1, -0.05) is 18.6 Å². The number of anilines is 1. The minimum absolute atomic E-state index is 0.206. The molecule has 3 rings (SSSR count). The largest absolute Gasteiger partial charge is 0.497 e. The highest BCUT2D eigenvalue weighted by atomic mass is 32.1. The van der Waals surface area contributed by atoms with Crippen LogP contribution in [0.2, 0.25) is 0 Å².